The van der Waals surface area contributed by atoms with Crippen LogP contribution in [0.4, 0.5) is 17.1 Å². The summed E-state index contributed by atoms with van der Waals surface area (Å²) in [4.78, 5) is 212. The zero-order chi connectivity index (χ0) is 89.9. The van der Waals surface area contributed by atoms with E-state index in [1.807, 2.05) is 30.3 Å². The average molecular weight is 1720 g/mol. The second-order valence-electron chi connectivity index (χ2n) is 31.3. The van der Waals surface area contributed by atoms with Gasteiger partial charge in [-0.15, -0.1) is 0 Å². The Labute approximate surface area is 707 Å². The van der Waals surface area contributed by atoms with Gasteiger partial charge in [0.05, 0.1) is 42.6 Å². The molecule has 11 amide bonds. The van der Waals surface area contributed by atoms with Crippen LogP contribution in [0.1, 0.15) is 122 Å². The quantitative estimate of drug-likeness (QED) is 0.00624. The van der Waals surface area contributed by atoms with E-state index in [-0.39, 0.29) is 158 Å². The molecule has 0 aliphatic carbocycles. The summed E-state index contributed by atoms with van der Waals surface area (Å²) in [6, 6.07) is 4.25. The fourth-order valence-corrected chi connectivity index (χ4v) is 15.4. The lowest BCUT2D eigenvalue weighted by atomic mass is 9.88. The van der Waals surface area contributed by atoms with Crippen molar-refractivity contribution in [2.24, 2.45) is 46.6 Å². The number of nitrogens with one attached hydrogen (secondary N) is 13. The number of aliphatic carboxylic acids is 1. The van der Waals surface area contributed by atoms with Gasteiger partial charge >= 0.3 is 11.6 Å². The highest BCUT2D eigenvalue weighted by Crippen LogP contribution is 2.32. The molecule has 9 atom stereocenters. The van der Waals surface area contributed by atoms with Gasteiger partial charge in [-0.25, -0.2) is 4.79 Å². The summed E-state index contributed by atoms with van der Waals surface area (Å²) in [6.45, 7) is 4.79. The minimum atomic E-state index is -1.88. The highest BCUT2D eigenvalue weighted by atomic mass is 16.6. The van der Waals surface area contributed by atoms with Gasteiger partial charge in [-0.2, -0.15) is 0 Å². The Kier molecular flexibility index (Phi) is 35.1. The van der Waals surface area contributed by atoms with Crippen LogP contribution < -0.4 is 86.5 Å². The van der Waals surface area contributed by atoms with Crippen LogP contribution in [0.15, 0.2) is 82.0 Å². The van der Waals surface area contributed by atoms with E-state index in [1.54, 1.807) is 35.8 Å². The predicted octanol–water partition coefficient (Wildman–Crippen LogP) is -1.12. The number of carboxylic acids is 1. The molecule has 4 aliphatic heterocycles. The van der Waals surface area contributed by atoms with Crippen molar-refractivity contribution >= 4 is 117 Å². The number of nitro benzene ring substituents is 2. The Balaban J connectivity index is 1.00. The number of nitro groups is 2. The van der Waals surface area contributed by atoms with Gasteiger partial charge in [0.2, 0.25) is 65.0 Å². The summed E-state index contributed by atoms with van der Waals surface area (Å²) in [5.41, 5.74) is 21.8. The molecule has 4 fully saturated rings. The number of carboxylic acid groups (broad SMARTS) is 1. The lowest BCUT2D eigenvalue weighted by Crippen LogP contribution is -2.62. The van der Waals surface area contributed by atoms with Gasteiger partial charge in [-0.05, 0) is 143 Å². The summed E-state index contributed by atoms with van der Waals surface area (Å²) in [7, 11) is 1.44. The molecule has 0 saturated carbocycles. The molecular weight excluding hydrogens is 1610 g/mol. The first-order chi connectivity index (χ1) is 58.5. The van der Waals surface area contributed by atoms with Crippen molar-refractivity contribution in [3.63, 3.8) is 0 Å². The molecule has 8 rings (SSSR count). The lowest BCUT2D eigenvalue weighted by Gasteiger charge is -2.38. The molecule has 0 unspecified atom stereocenters. The Bertz CT molecular complexity index is 4590. The number of methoxy groups -OCH3 is 1. The Morgan fingerprint density at radius 3 is 1.75 bits per heavy atom. The number of benzene rings is 3. The van der Waals surface area contributed by atoms with E-state index in [4.69, 9.17) is 53.1 Å². The number of carbonyl (C=O) groups excluding carboxylic acids is 11. The normalized spacial score (nSPS) is 17.1. The van der Waals surface area contributed by atoms with E-state index < -0.39 is 196 Å². The summed E-state index contributed by atoms with van der Waals surface area (Å²) in [5, 5.41) is 84.4. The number of hydrogen-bond acceptors (Lipinski definition) is 24. The van der Waals surface area contributed by atoms with Gasteiger partial charge in [0.15, 0.2) is 17.9 Å². The molecule has 123 heavy (non-hydrogen) atoms. The SMILES string of the molecule is COc1ccc2c(CC(=O)N[C@H](C(=O)N3CCC[C@H]3C(=O)N[C@@H](CC(C)C)C(=O)NCC(=O)N[C@@H](CCCCOCc3ccccc3)C(=O)N[C@@H](CNc3ccc([N+](=O)[O-])cc3[N+](=O)[O-])C(=O)N[C@@H](C)C(=O)N[C@H](C(=O)N[C@@H](CCC(=O)O)C(=O)N[C@H](C(N)=O)C3CCN(C(=N)N)CC3)C3CCN(C(=N)N)CC3)C3CCN(C(=N)N)CC3)cc(=O)oc2c1. The van der Waals surface area contributed by atoms with Crippen LogP contribution in [0.25, 0.3) is 11.0 Å². The fraction of sp³-hybridized carbons (Fsp3) is 0.544. The molecule has 5 heterocycles. The molecule has 4 aliphatic rings. The molecule has 0 bridgehead atoms. The number of carbonyl (C=O) groups is 12. The van der Waals surface area contributed by atoms with Gasteiger partial charge in [0.25, 0.3) is 11.4 Å². The van der Waals surface area contributed by atoms with E-state index in [0.29, 0.717) is 42.0 Å². The first-order valence-corrected chi connectivity index (χ1v) is 40.7. The summed E-state index contributed by atoms with van der Waals surface area (Å²) < 4.78 is 16.6. The number of anilines is 1. The number of rotatable bonds is 42. The number of hydrogen-bond donors (Lipinski definition) is 18. The fourth-order valence-electron chi connectivity index (χ4n) is 15.4. The van der Waals surface area contributed by atoms with Gasteiger partial charge in [-0.3, -0.25) is 94.0 Å². The number of amides is 11. The summed E-state index contributed by atoms with van der Waals surface area (Å²) >= 11 is 0. The maximum absolute atomic E-state index is 15.0. The van der Waals surface area contributed by atoms with E-state index in [2.05, 4.69) is 53.2 Å². The maximum Gasteiger partial charge on any atom is 0.336 e. The third-order valence-electron chi connectivity index (χ3n) is 22.2. The number of primary amides is 1. The molecule has 4 saturated heterocycles. The maximum atomic E-state index is 15.0. The van der Waals surface area contributed by atoms with Gasteiger partial charge in [0.1, 0.15) is 71.4 Å². The predicted molar refractivity (Wildman–Crippen MR) is 444 cm³/mol. The molecule has 44 nitrogen and oxygen atoms in total. The standard InChI is InChI=1S/C79H111N23O21/c1-43(2)35-56(92-74(114)58-14-10-27-100(58)76(116)67(48-25-32-99(33-26-48)79(85)86)94-61(103)36-49-37-64(107)123-60-39-51(121-4)16-17-52(49)60)70(110)88-41-62(104)90-54(13-8-9-34-122-42-45-11-6-5-7-12-45)71(111)93-57(40-87-53-18-15-50(101(117)118)38-59(53)102(119)120)73(113)89-44(3)69(109)96-66(47-23-30-98(31-24-47)78(83)84)75(115)91-55(19-20-63(105)106)72(112)95-65(68(80)108)46-21-28-97(29-22-46)77(81)82/h5-7,11-12,15-18,37-39,43-44,46-48,54-58,65-67,87H,8-10,13-14,19-36,40-42H2,1-4H3,(H2,80,108)(H3,81,82)(H3,83,84)(H3,85,86)(H,88,110)(H,89,113)(H,90,104)(H,91,115)(H,92,114)(H,93,111)(H,94,103)(H,95,112)(H,96,109)(H,105,106)/t44-,54-,55-,56-,57-,58-,65-,66-,67-/m0/s1. The van der Waals surface area contributed by atoms with Crippen LogP contribution in [0.3, 0.4) is 0 Å². The first-order valence-electron chi connectivity index (χ1n) is 40.7. The minimum absolute atomic E-state index is 0.00620. The topological polar surface area (TPSA) is 669 Å². The molecule has 1 aromatic heterocycles. The Morgan fingerprint density at radius 1 is 0.593 bits per heavy atom. The average Bonchev–Trinajstić information content (AvgIpc) is 1.74. The molecule has 3 aromatic carbocycles. The number of ether oxygens (including phenoxy) is 2. The number of piperidine rings is 3. The third kappa shape index (κ3) is 27.9. The summed E-state index contributed by atoms with van der Waals surface area (Å²) in [5.74, 6) is -13.9. The van der Waals surface area contributed by atoms with Crippen molar-refractivity contribution in [3.05, 3.63) is 115 Å². The van der Waals surface area contributed by atoms with E-state index >= 15 is 4.79 Å². The monoisotopic (exact) mass is 1720 g/mol. The van der Waals surface area contributed by atoms with Gasteiger partial charge in [-0.1, -0.05) is 44.2 Å². The number of guanidine groups is 3. The molecule has 0 radical (unpaired) electrons. The molecule has 668 valence electrons. The van der Waals surface area contributed by atoms with Gasteiger partial charge < -0.3 is 115 Å². The zero-order valence-corrected chi connectivity index (χ0v) is 68.9. The molecule has 0 spiro atoms. The number of non-ortho nitro benzene ring substituents is 1. The van der Waals surface area contributed by atoms with Crippen LogP contribution in [-0.2, 0) is 75.3 Å². The second-order valence-corrected chi connectivity index (χ2v) is 31.3. The van der Waals surface area contributed by atoms with Crippen molar-refractivity contribution in [3.8, 4) is 5.75 Å². The number of likely N-dealkylation sites (tertiary alicyclic amines) is 4. The lowest BCUT2D eigenvalue weighted by molar-refractivity contribution is -0.393. The first kappa shape index (κ1) is 95.2. The number of unbranched alkanes of at least 4 members (excludes halogenated alkanes) is 1. The number of nitrogens with two attached hydrogens (primary N) is 4. The highest BCUT2D eigenvalue weighted by Gasteiger charge is 2.44. The van der Waals surface area contributed by atoms with Crippen LogP contribution in [0.5, 0.6) is 5.75 Å². The van der Waals surface area contributed by atoms with Gasteiger partial charge in [0, 0.05) is 89.0 Å². The van der Waals surface area contributed by atoms with E-state index in [0.717, 1.165) is 17.7 Å². The minimum Gasteiger partial charge on any atom is -0.497 e. The molecule has 4 aromatic rings. The highest BCUT2D eigenvalue weighted by molar-refractivity contribution is 6.00. The van der Waals surface area contributed by atoms with Crippen molar-refractivity contribution in [1.82, 2.24) is 67.5 Å². The van der Waals surface area contributed by atoms with Crippen molar-refractivity contribution in [2.75, 3.05) is 77.9 Å². The van der Waals surface area contributed by atoms with Crippen LogP contribution in [0.2, 0.25) is 0 Å². The molecule has 22 N–H and O–H groups in total. The molecule has 44 heteroatoms. The van der Waals surface area contributed by atoms with E-state index in [1.165, 1.54) is 36.0 Å². The molecular formula is C79H111N23O21. The Morgan fingerprint density at radius 2 is 1.17 bits per heavy atom. The van der Waals surface area contributed by atoms with Crippen LogP contribution >= 0.6 is 0 Å². The smallest absolute Gasteiger partial charge is 0.336 e. The zero-order valence-electron chi connectivity index (χ0n) is 68.9. The van der Waals surface area contributed by atoms with Crippen molar-refractivity contribution < 1.29 is 86.4 Å². The van der Waals surface area contributed by atoms with Crippen LogP contribution in [-0.4, -0.2) is 250 Å². The third-order valence-corrected chi connectivity index (χ3v) is 22.2. The Hall–Kier alpha value is -13.3. The van der Waals surface area contributed by atoms with Crippen molar-refractivity contribution in [2.45, 2.75) is 178 Å². The van der Waals surface area contributed by atoms with Crippen molar-refractivity contribution in [1.29, 1.82) is 16.2 Å². The summed E-state index contributed by atoms with van der Waals surface area (Å²) in [6.07, 6.45) is 0.501. The largest absolute Gasteiger partial charge is 0.497 e. The van der Waals surface area contributed by atoms with E-state index in [9.17, 15) is 82.9 Å². The number of fused-ring (bicyclic) bond motifs is 1. The number of nitrogens with zero attached hydrogens (tertiary/aromatic N) is 6. The van der Waals surface area contributed by atoms with Crippen LogP contribution in [0, 0.1) is 60.1 Å². The second kappa shape index (κ2) is 45.4.